The molecule has 0 N–H and O–H groups in total. The first-order valence-corrected chi connectivity index (χ1v) is 6.28. The molecule has 88 valence electrons. The largest absolute Gasteiger partial charge is 0.327 e. The number of carbonyl (C=O) groups is 1. The Kier molecular flexibility index (Phi) is 2.67. The van der Waals surface area contributed by atoms with Gasteiger partial charge in [-0.25, -0.2) is 4.98 Å². The first-order chi connectivity index (χ1) is 8.34. The number of fused-ring (bicyclic) bond motifs is 1. The fourth-order valence-electron chi connectivity index (χ4n) is 2.68. The smallest absolute Gasteiger partial charge is 0.134 e. The van der Waals surface area contributed by atoms with Crippen molar-refractivity contribution in [3.05, 3.63) is 30.6 Å². The fourth-order valence-corrected chi connectivity index (χ4v) is 2.68. The van der Waals surface area contributed by atoms with E-state index < -0.39 is 0 Å². The monoisotopic (exact) mass is 228 g/mol. The van der Waals surface area contributed by atoms with Gasteiger partial charge in [-0.05, 0) is 25.0 Å². The van der Waals surface area contributed by atoms with Crippen molar-refractivity contribution in [2.45, 2.75) is 38.1 Å². The number of rotatable bonds is 1. The van der Waals surface area contributed by atoms with Gasteiger partial charge in [0.05, 0.1) is 17.4 Å². The zero-order valence-corrected chi connectivity index (χ0v) is 9.80. The van der Waals surface area contributed by atoms with Gasteiger partial charge in [0.2, 0.25) is 0 Å². The van der Waals surface area contributed by atoms with E-state index in [9.17, 15) is 4.79 Å². The summed E-state index contributed by atoms with van der Waals surface area (Å²) in [6.45, 7) is 0. The Morgan fingerprint density at radius 2 is 2.12 bits per heavy atom. The lowest BCUT2D eigenvalue weighted by molar-refractivity contribution is -0.119. The summed E-state index contributed by atoms with van der Waals surface area (Å²) in [5.74, 6) is 0.394. The Morgan fingerprint density at radius 3 is 3.06 bits per heavy atom. The standard InChI is InChI=1S/C14H16N2O/c17-12-6-2-1-5-11(9-12)16-10-15-13-7-3-4-8-14(13)16/h3-4,7-8,10-11H,1-2,5-6,9H2. The van der Waals surface area contributed by atoms with Crippen molar-refractivity contribution < 1.29 is 4.79 Å². The van der Waals surface area contributed by atoms with Crippen LogP contribution in [-0.4, -0.2) is 15.3 Å². The topological polar surface area (TPSA) is 34.9 Å². The summed E-state index contributed by atoms with van der Waals surface area (Å²) < 4.78 is 2.18. The number of nitrogens with zero attached hydrogens (tertiary/aromatic N) is 2. The molecule has 1 aliphatic rings. The summed E-state index contributed by atoms with van der Waals surface area (Å²) in [6, 6.07) is 8.43. The normalized spacial score (nSPS) is 21.6. The van der Waals surface area contributed by atoms with E-state index in [0.29, 0.717) is 18.2 Å². The van der Waals surface area contributed by atoms with E-state index in [-0.39, 0.29) is 0 Å². The molecule has 0 amide bonds. The molecule has 2 aromatic rings. The molecule has 3 heteroatoms. The Hall–Kier alpha value is -1.64. The molecule has 17 heavy (non-hydrogen) atoms. The number of carbonyl (C=O) groups excluding carboxylic acids is 1. The molecule has 1 unspecified atom stereocenters. The highest BCUT2D eigenvalue weighted by atomic mass is 16.1. The van der Waals surface area contributed by atoms with Crippen LogP contribution in [0.15, 0.2) is 30.6 Å². The summed E-state index contributed by atoms with van der Waals surface area (Å²) in [5.41, 5.74) is 2.16. The quantitative estimate of drug-likeness (QED) is 0.703. The van der Waals surface area contributed by atoms with E-state index in [1.54, 1.807) is 0 Å². The number of ketones is 1. The van der Waals surface area contributed by atoms with Gasteiger partial charge >= 0.3 is 0 Å². The minimum absolute atomic E-state index is 0.303. The Bertz CT molecular complexity index is 544. The molecular formula is C14H16N2O. The third-order valence-corrected chi connectivity index (χ3v) is 3.58. The average molecular weight is 228 g/mol. The van der Waals surface area contributed by atoms with Crippen LogP contribution in [0.5, 0.6) is 0 Å². The molecule has 1 aliphatic carbocycles. The van der Waals surface area contributed by atoms with Crippen molar-refractivity contribution in [3.63, 3.8) is 0 Å². The second kappa shape index (κ2) is 4.32. The van der Waals surface area contributed by atoms with Crippen molar-refractivity contribution in [2.75, 3.05) is 0 Å². The van der Waals surface area contributed by atoms with E-state index in [1.165, 1.54) is 0 Å². The summed E-state index contributed by atoms with van der Waals surface area (Å²) >= 11 is 0. The highest BCUT2D eigenvalue weighted by Gasteiger charge is 2.20. The number of Topliss-reactive ketones (excluding diaryl/α,β-unsaturated/α-hetero) is 1. The van der Waals surface area contributed by atoms with Crippen LogP contribution < -0.4 is 0 Å². The zero-order chi connectivity index (χ0) is 11.7. The predicted octanol–water partition coefficient (Wildman–Crippen LogP) is 3.11. The summed E-state index contributed by atoms with van der Waals surface area (Å²) in [6.07, 6.45) is 6.58. The molecular weight excluding hydrogens is 212 g/mol. The van der Waals surface area contributed by atoms with Crippen LogP contribution in [-0.2, 0) is 4.79 Å². The number of benzene rings is 1. The van der Waals surface area contributed by atoms with Gasteiger partial charge < -0.3 is 4.57 Å². The van der Waals surface area contributed by atoms with Crippen molar-refractivity contribution >= 4 is 16.8 Å². The molecule has 0 radical (unpaired) electrons. The van der Waals surface area contributed by atoms with Gasteiger partial charge in [-0.15, -0.1) is 0 Å². The van der Waals surface area contributed by atoms with Gasteiger partial charge in [0.15, 0.2) is 0 Å². The molecule has 1 aromatic carbocycles. The maximum atomic E-state index is 11.7. The van der Waals surface area contributed by atoms with Crippen LogP contribution in [0.2, 0.25) is 0 Å². The van der Waals surface area contributed by atoms with Gasteiger partial charge in [0.1, 0.15) is 5.78 Å². The first-order valence-electron chi connectivity index (χ1n) is 6.28. The van der Waals surface area contributed by atoms with Crippen molar-refractivity contribution in [1.82, 2.24) is 9.55 Å². The van der Waals surface area contributed by atoms with E-state index in [2.05, 4.69) is 15.6 Å². The van der Waals surface area contributed by atoms with Crippen LogP contribution in [0.3, 0.4) is 0 Å². The summed E-state index contributed by atoms with van der Waals surface area (Å²) in [7, 11) is 0. The number of para-hydroxylation sites is 2. The van der Waals surface area contributed by atoms with Gasteiger partial charge in [0.25, 0.3) is 0 Å². The zero-order valence-electron chi connectivity index (χ0n) is 9.80. The number of aromatic nitrogens is 2. The summed E-state index contributed by atoms with van der Waals surface area (Å²) in [5, 5.41) is 0. The molecule has 0 bridgehead atoms. The van der Waals surface area contributed by atoms with E-state index >= 15 is 0 Å². The number of hydrogen-bond acceptors (Lipinski definition) is 2. The third kappa shape index (κ3) is 1.97. The number of imidazole rings is 1. The molecule has 1 saturated carbocycles. The highest BCUT2D eigenvalue weighted by Crippen LogP contribution is 2.28. The Labute approximate surface area is 100 Å². The Morgan fingerprint density at radius 1 is 1.24 bits per heavy atom. The molecule has 0 saturated heterocycles. The first kappa shape index (κ1) is 10.5. The molecule has 1 aromatic heterocycles. The van der Waals surface area contributed by atoms with Gasteiger partial charge in [-0.3, -0.25) is 4.79 Å². The molecule has 3 nitrogen and oxygen atoms in total. The van der Waals surface area contributed by atoms with Crippen LogP contribution >= 0.6 is 0 Å². The fraction of sp³-hybridized carbons (Fsp3) is 0.429. The third-order valence-electron chi connectivity index (χ3n) is 3.58. The molecule has 0 spiro atoms. The molecule has 3 rings (SSSR count). The minimum atomic E-state index is 0.303. The minimum Gasteiger partial charge on any atom is -0.327 e. The Balaban J connectivity index is 1.99. The second-order valence-corrected chi connectivity index (χ2v) is 4.78. The van der Waals surface area contributed by atoms with Crippen LogP contribution in [0, 0.1) is 0 Å². The molecule has 1 atom stereocenters. The SMILES string of the molecule is O=C1CCCCC(n2cnc3ccccc32)C1. The predicted molar refractivity (Wildman–Crippen MR) is 66.9 cm³/mol. The van der Waals surface area contributed by atoms with Gasteiger partial charge in [-0.2, -0.15) is 0 Å². The van der Waals surface area contributed by atoms with Crippen LogP contribution in [0.4, 0.5) is 0 Å². The van der Waals surface area contributed by atoms with Crippen molar-refractivity contribution in [2.24, 2.45) is 0 Å². The molecule has 1 fully saturated rings. The molecule has 0 aliphatic heterocycles. The molecule has 1 heterocycles. The van der Waals surface area contributed by atoms with Crippen LogP contribution in [0.25, 0.3) is 11.0 Å². The average Bonchev–Trinajstić information content (AvgIpc) is 2.66. The van der Waals surface area contributed by atoms with Gasteiger partial charge in [0, 0.05) is 18.9 Å². The van der Waals surface area contributed by atoms with Crippen LogP contribution in [0.1, 0.15) is 38.1 Å². The maximum Gasteiger partial charge on any atom is 0.134 e. The lowest BCUT2D eigenvalue weighted by Gasteiger charge is -2.16. The van der Waals surface area contributed by atoms with E-state index in [1.807, 2.05) is 24.5 Å². The lowest BCUT2D eigenvalue weighted by atomic mass is 10.1. The van der Waals surface area contributed by atoms with Crippen molar-refractivity contribution in [1.29, 1.82) is 0 Å². The summed E-state index contributed by atoms with van der Waals surface area (Å²) in [4.78, 5) is 16.1. The van der Waals surface area contributed by atoms with Gasteiger partial charge in [-0.1, -0.05) is 18.6 Å². The van der Waals surface area contributed by atoms with E-state index in [4.69, 9.17) is 0 Å². The highest BCUT2D eigenvalue weighted by molar-refractivity contribution is 5.80. The lowest BCUT2D eigenvalue weighted by Crippen LogP contribution is -2.10. The second-order valence-electron chi connectivity index (χ2n) is 4.78. The number of hydrogen-bond donors (Lipinski definition) is 0. The van der Waals surface area contributed by atoms with E-state index in [0.717, 1.165) is 36.7 Å². The van der Waals surface area contributed by atoms with Crippen molar-refractivity contribution in [3.8, 4) is 0 Å². The maximum absolute atomic E-state index is 11.7.